The molecule has 2 atom stereocenters. The van der Waals surface area contributed by atoms with E-state index >= 15 is 0 Å². The number of nitrogens with zero attached hydrogens (tertiary/aromatic N) is 1. The van der Waals surface area contributed by atoms with Crippen molar-refractivity contribution in [3.63, 3.8) is 0 Å². The second-order valence-corrected chi connectivity index (χ2v) is 4.09. The summed E-state index contributed by atoms with van der Waals surface area (Å²) >= 11 is 0. The Morgan fingerprint density at radius 2 is 2.50 bits per heavy atom. The van der Waals surface area contributed by atoms with E-state index in [1.54, 1.807) is 0 Å². The average Bonchev–Trinajstić information content (AvgIpc) is 2.42. The third kappa shape index (κ3) is 1.63. The standard InChI is InChI=1S/C9H17N2O/c1-8-4-11-7-9(12-5-8)2-3-10-6-9/h8,11H,2-7H2,1H3/q-1. The van der Waals surface area contributed by atoms with E-state index in [0.29, 0.717) is 5.92 Å². The smallest absolute Gasteiger partial charge is 0.0604 e. The van der Waals surface area contributed by atoms with Crippen molar-refractivity contribution in [1.82, 2.24) is 5.32 Å². The third-order valence-corrected chi connectivity index (χ3v) is 2.74. The van der Waals surface area contributed by atoms with Gasteiger partial charge in [0, 0.05) is 13.1 Å². The predicted molar refractivity (Wildman–Crippen MR) is 48.4 cm³/mol. The molecule has 3 nitrogen and oxygen atoms in total. The van der Waals surface area contributed by atoms with Crippen LogP contribution in [0.25, 0.3) is 5.32 Å². The first kappa shape index (κ1) is 8.48. The largest absolute Gasteiger partial charge is 0.660 e. The van der Waals surface area contributed by atoms with Gasteiger partial charge in [-0.2, -0.15) is 0 Å². The summed E-state index contributed by atoms with van der Waals surface area (Å²) in [5, 5.41) is 7.81. The van der Waals surface area contributed by atoms with Gasteiger partial charge in [0.25, 0.3) is 0 Å². The van der Waals surface area contributed by atoms with Gasteiger partial charge in [0.1, 0.15) is 0 Å². The molecule has 2 aliphatic heterocycles. The van der Waals surface area contributed by atoms with Crippen molar-refractivity contribution in [2.75, 3.05) is 32.8 Å². The van der Waals surface area contributed by atoms with E-state index in [1.807, 2.05) is 0 Å². The molecule has 1 N–H and O–H groups in total. The van der Waals surface area contributed by atoms with Crippen LogP contribution in [-0.2, 0) is 4.74 Å². The van der Waals surface area contributed by atoms with Crippen LogP contribution in [0.5, 0.6) is 0 Å². The molecule has 0 saturated carbocycles. The van der Waals surface area contributed by atoms with Crippen molar-refractivity contribution in [2.45, 2.75) is 18.9 Å². The lowest BCUT2D eigenvalue weighted by molar-refractivity contribution is -0.0246. The van der Waals surface area contributed by atoms with Gasteiger partial charge in [0.05, 0.1) is 12.2 Å². The van der Waals surface area contributed by atoms with Gasteiger partial charge in [0.2, 0.25) is 0 Å². The van der Waals surface area contributed by atoms with E-state index in [1.165, 1.54) is 0 Å². The Bertz CT molecular complexity index is 155. The molecular weight excluding hydrogens is 152 g/mol. The van der Waals surface area contributed by atoms with Crippen molar-refractivity contribution in [3.8, 4) is 0 Å². The van der Waals surface area contributed by atoms with Crippen LogP contribution >= 0.6 is 0 Å². The molecule has 2 rings (SSSR count). The lowest BCUT2D eigenvalue weighted by Crippen LogP contribution is -2.41. The predicted octanol–water partition coefficient (Wildman–Crippen LogP) is 0.758. The van der Waals surface area contributed by atoms with Gasteiger partial charge >= 0.3 is 0 Å². The third-order valence-electron chi connectivity index (χ3n) is 2.74. The molecular formula is C9H17N2O-. The highest BCUT2D eigenvalue weighted by Crippen LogP contribution is 2.27. The monoisotopic (exact) mass is 169 g/mol. The minimum absolute atomic E-state index is 0.0603. The quantitative estimate of drug-likeness (QED) is 0.581. The van der Waals surface area contributed by atoms with Crippen molar-refractivity contribution in [3.05, 3.63) is 5.32 Å². The number of hydrogen-bond acceptors (Lipinski definition) is 2. The molecule has 2 unspecified atom stereocenters. The Kier molecular flexibility index (Phi) is 2.35. The normalized spacial score (nSPS) is 43.2. The van der Waals surface area contributed by atoms with E-state index in [4.69, 9.17) is 4.74 Å². The molecule has 2 aliphatic rings. The number of rotatable bonds is 0. The maximum Gasteiger partial charge on any atom is 0.0604 e. The summed E-state index contributed by atoms with van der Waals surface area (Å²) in [5.41, 5.74) is 0.0603. The summed E-state index contributed by atoms with van der Waals surface area (Å²) in [6.07, 6.45) is 1.10. The number of hydrogen-bond donors (Lipinski definition) is 1. The fraction of sp³-hybridized carbons (Fsp3) is 1.00. The molecule has 2 fully saturated rings. The summed E-state index contributed by atoms with van der Waals surface area (Å²) in [4.78, 5) is 0. The molecule has 1 spiro atoms. The highest BCUT2D eigenvalue weighted by Gasteiger charge is 2.31. The van der Waals surface area contributed by atoms with Crippen molar-refractivity contribution < 1.29 is 4.74 Å². The summed E-state index contributed by atoms with van der Waals surface area (Å²) in [6, 6.07) is 0. The van der Waals surface area contributed by atoms with E-state index in [2.05, 4.69) is 17.6 Å². The van der Waals surface area contributed by atoms with Crippen LogP contribution in [0.15, 0.2) is 0 Å². The van der Waals surface area contributed by atoms with Gasteiger partial charge in [0.15, 0.2) is 0 Å². The SMILES string of the molecule is CC1CNCC2(CC[N-]C2)OC1. The minimum atomic E-state index is 0.0603. The first-order valence-electron chi connectivity index (χ1n) is 4.79. The van der Waals surface area contributed by atoms with Crippen molar-refractivity contribution >= 4 is 0 Å². The van der Waals surface area contributed by atoms with Crippen LogP contribution in [0.4, 0.5) is 0 Å². The lowest BCUT2D eigenvalue weighted by Gasteiger charge is -2.30. The Hall–Kier alpha value is -0.120. The van der Waals surface area contributed by atoms with E-state index in [0.717, 1.165) is 39.2 Å². The van der Waals surface area contributed by atoms with Crippen molar-refractivity contribution in [1.29, 1.82) is 0 Å². The molecule has 2 saturated heterocycles. The summed E-state index contributed by atoms with van der Waals surface area (Å²) < 4.78 is 5.91. The van der Waals surface area contributed by atoms with Gasteiger partial charge in [-0.3, -0.25) is 0 Å². The zero-order valence-corrected chi connectivity index (χ0v) is 7.68. The van der Waals surface area contributed by atoms with Crippen LogP contribution < -0.4 is 5.32 Å². The molecule has 2 heterocycles. The lowest BCUT2D eigenvalue weighted by atomic mass is 10.0. The molecule has 3 heteroatoms. The van der Waals surface area contributed by atoms with E-state index in [-0.39, 0.29) is 5.60 Å². The summed E-state index contributed by atoms with van der Waals surface area (Å²) in [5.74, 6) is 0.643. The molecule has 0 aromatic carbocycles. The Balaban J connectivity index is 1.97. The highest BCUT2D eigenvalue weighted by molar-refractivity contribution is 5.06. The second kappa shape index (κ2) is 3.32. The molecule has 0 aromatic rings. The van der Waals surface area contributed by atoms with Crippen LogP contribution in [0.2, 0.25) is 0 Å². The number of nitrogens with one attached hydrogen (secondary N) is 1. The van der Waals surface area contributed by atoms with Crippen molar-refractivity contribution in [2.24, 2.45) is 5.92 Å². The van der Waals surface area contributed by atoms with Gasteiger partial charge < -0.3 is 15.4 Å². The number of ether oxygens (including phenoxy) is 1. The van der Waals surface area contributed by atoms with Crippen LogP contribution in [0.3, 0.4) is 0 Å². The van der Waals surface area contributed by atoms with Gasteiger partial charge in [-0.1, -0.05) is 6.92 Å². The Morgan fingerprint density at radius 3 is 3.25 bits per heavy atom. The Morgan fingerprint density at radius 1 is 1.58 bits per heavy atom. The van der Waals surface area contributed by atoms with Crippen LogP contribution in [-0.4, -0.2) is 38.4 Å². The molecule has 0 amide bonds. The molecule has 0 radical (unpaired) electrons. The zero-order valence-electron chi connectivity index (χ0n) is 7.68. The minimum Gasteiger partial charge on any atom is -0.660 e. The fourth-order valence-corrected chi connectivity index (χ4v) is 1.88. The van der Waals surface area contributed by atoms with Gasteiger partial charge in [-0.05, 0) is 12.3 Å². The van der Waals surface area contributed by atoms with Gasteiger partial charge in [-0.15, -0.1) is 13.1 Å². The molecule has 70 valence electrons. The van der Waals surface area contributed by atoms with Crippen LogP contribution in [0.1, 0.15) is 13.3 Å². The van der Waals surface area contributed by atoms with Crippen LogP contribution in [0, 0.1) is 5.92 Å². The molecule has 0 aliphatic carbocycles. The molecule has 0 aromatic heterocycles. The molecule has 12 heavy (non-hydrogen) atoms. The zero-order chi connectivity index (χ0) is 8.44. The highest BCUT2D eigenvalue weighted by atomic mass is 16.5. The van der Waals surface area contributed by atoms with E-state index < -0.39 is 0 Å². The topological polar surface area (TPSA) is 35.4 Å². The fourth-order valence-electron chi connectivity index (χ4n) is 1.88. The molecule has 0 bridgehead atoms. The maximum absolute atomic E-state index is 5.91. The first-order valence-corrected chi connectivity index (χ1v) is 4.79. The maximum atomic E-state index is 5.91. The second-order valence-electron chi connectivity index (χ2n) is 4.09. The van der Waals surface area contributed by atoms with Gasteiger partial charge in [-0.25, -0.2) is 0 Å². The summed E-state index contributed by atoms with van der Waals surface area (Å²) in [7, 11) is 0. The van der Waals surface area contributed by atoms with E-state index in [9.17, 15) is 0 Å². The summed E-state index contributed by atoms with van der Waals surface area (Å²) in [6.45, 7) is 7.06. The first-order chi connectivity index (χ1) is 5.81. The Labute approximate surface area is 73.9 Å². The average molecular weight is 169 g/mol.